The number of hydrogen-bond donors (Lipinski definition) is 0. The van der Waals surface area contributed by atoms with Gasteiger partial charge in [0.2, 0.25) is 0 Å². The van der Waals surface area contributed by atoms with Crippen molar-refractivity contribution in [2.75, 3.05) is 19.8 Å². The van der Waals surface area contributed by atoms with Crippen LogP contribution in [0.5, 0.6) is 0 Å². The molecule has 13 heavy (non-hydrogen) atoms. The average molecular weight is 182 g/mol. The maximum absolute atomic E-state index is 11.8. The number of carbonyl (C=O) groups excluding carboxylic acids is 1. The minimum absolute atomic E-state index is 0.0907. The van der Waals surface area contributed by atoms with Gasteiger partial charge >= 0.3 is 0 Å². The average Bonchev–Trinajstić information content (AvgIpc) is 2.71. The first-order valence-electron chi connectivity index (χ1n) is 4.80. The lowest BCUT2D eigenvalue weighted by Gasteiger charge is -2.14. The molecule has 0 aromatic rings. The van der Waals surface area contributed by atoms with Gasteiger partial charge in [0.25, 0.3) is 0 Å². The zero-order chi connectivity index (χ0) is 9.10. The number of rotatable bonds is 2. The van der Waals surface area contributed by atoms with E-state index in [1.807, 2.05) is 0 Å². The minimum atomic E-state index is 0.0907. The van der Waals surface area contributed by atoms with Gasteiger partial charge in [0.1, 0.15) is 0 Å². The summed E-state index contributed by atoms with van der Waals surface area (Å²) in [4.78, 5) is 11.8. The van der Waals surface area contributed by atoms with Gasteiger partial charge in [-0.15, -0.1) is 0 Å². The van der Waals surface area contributed by atoms with Crippen LogP contribution < -0.4 is 0 Å². The molecule has 1 unspecified atom stereocenters. The van der Waals surface area contributed by atoms with E-state index in [0.717, 1.165) is 38.0 Å². The summed E-state index contributed by atoms with van der Waals surface area (Å²) in [5, 5.41) is 0. The highest BCUT2D eigenvalue weighted by atomic mass is 16.5. The highest BCUT2D eigenvalue weighted by Gasteiger charge is 2.26. The SMILES string of the molecule is O=C(C1=COCCC1)C1CCOC1. The van der Waals surface area contributed by atoms with Gasteiger partial charge in [0.05, 0.1) is 19.5 Å². The number of carbonyl (C=O) groups is 1. The number of hydrogen-bond acceptors (Lipinski definition) is 3. The molecule has 0 aromatic carbocycles. The van der Waals surface area contributed by atoms with Crippen molar-refractivity contribution in [3.63, 3.8) is 0 Å². The van der Waals surface area contributed by atoms with Crippen LogP contribution in [0, 0.1) is 5.92 Å². The van der Waals surface area contributed by atoms with Crippen LogP contribution in [0.4, 0.5) is 0 Å². The first kappa shape index (κ1) is 8.75. The van der Waals surface area contributed by atoms with Crippen LogP contribution in [0.2, 0.25) is 0 Å². The molecule has 1 fully saturated rings. The first-order chi connectivity index (χ1) is 6.38. The molecule has 0 amide bonds. The molecule has 1 atom stereocenters. The molecular formula is C10H14O3. The van der Waals surface area contributed by atoms with Crippen LogP contribution in [-0.4, -0.2) is 25.6 Å². The van der Waals surface area contributed by atoms with Crippen LogP contribution in [0.15, 0.2) is 11.8 Å². The predicted octanol–water partition coefficient (Wildman–Crippen LogP) is 1.29. The molecule has 1 saturated heterocycles. The molecule has 0 bridgehead atoms. The molecule has 72 valence electrons. The Kier molecular flexibility index (Phi) is 2.64. The molecule has 0 spiro atoms. The third-order valence-corrected chi connectivity index (χ3v) is 2.55. The van der Waals surface area contributed by atoms with E-state index in [1.54, 1.807) is 6.26 Å². The summed E-state index contributed by atoms with van der Waals surface area (Å²) in [7, 11) is 0. The van der Waals surface area contributed by atoms with Gasteiger partial charge in [-0.2, -0.15) is 0 Å². The summed E-state index contributed by atoms with van der Waals surface area (Å²) in [5.41, 5.74) is 0.849. The van der Waals surface area contributed by atoms with Gasteiger partial charge in [-0.05, 0) is 19.3 Å². The second-order valence-corrected chi connectivity index (χ2v) is 3.54. The molecule has 2 heterocycles. The summed E-state index contributed by atoms with van der Waals surface area (Å²) >= 11 is 0. The number of ether oxygens (including phenoxy) is 2. The molecule has 0 aromatic heterocycles. The maximum Gasteiger partial charge on any atom is 0.167 e. The van der Waals surface area contributed by atoms with Gasteiger partial charge in [-0.25, -0.2) is 0 Å². The van der Waals surface area contributed by atoms with E-state index in [2.05, 4.69) is 0 Å². The Labute approximate surface area is 77.7 Å². The molecule has 0 N–H and O–H groups in total. The van der Waals surface area contributed by atoms with E-state index >= 15 is 0 Å². The van der Waals surface area contributed by atoms with Crippen LogP contribution in [0.1, 0.15) is 19.3 Å². The molecule has 0 radical (unpaired) electrons. The van der Waals surface area contributed by atoms with Crippen molar-refractivity contribution < 1.29 is 14.3 Å². The Morgan fingerprint density at radius 1 is 1.46 bits per heavy atom. The van der Waals surface area contributed by atoms with Crippen molar-refractivity contribution in [2.45, 2.75) is 19.3 Å². The molecule has 0 aliphatic carbocycles. The highest BCUT2D eigenvalue weighted by molar-refractivity contribution is 5.97. The largest absolute Gasteiger partial charge is 0.501 e. The minimum Gasteiger partial charge on any atom is -0.501 e. The monoisotopic (exact) mass is 182 g/mol. The summed E-state index contributed by atoms with van der Waals surface area (Å²) in [5.74, 6) is 0.324. The van der Waals surface area contributed by atoms with Crippen LogP contribution in [-0.2, 0) is 14.3 Å². The zero-order valence-electron chi connectivity index (χ0n) is 7.62. The zero-order valence-corrected chi connectivity index (χ0v) is 7.62. The fourth-order valence-electron chi connectivity index (χ4n) is 1.75. The second-order valence-electron chi connectivity index (χ2n) is 3.54. The molecule has 2 aliphatic rings. The lowest BCUT2D eigenvalue weighted by atomic mass is 9.94. The third-order valence-electron chi connectivity index (χ3n) is 2.55. The Hall–Kier alpha value is -0.830. The van der Waals surface area contributed by atoms with Crippen molar-refractivity contribution in [3.8, 4) is 0 Å². The Morgan fingerprint density at radius 2 is 2.38 bits per heavy atom. The molecular weight excluding hydrogens is 168 g/mol. The summed E-state index contributed by atoms with van der Waals surface area (Å²) in [6.45, 7) is 2.07. The summed E-state index contributed by atoms with van der Waals surface area (Å²) < 4.78 is 10.3. The van der Waals surface area contributed by atoms with E-state index in [-0.39, 0.29) is 11.7 Å². The third kappa shape index (κ3) is 1.91. The van der Waals surface area contributed by atoms with E-state index in [4.69, 9.17) is 9.47 Å². The second kappa shape index (κ2) is 3.92. The fraction of sp³-hybridized carbons (Fsp3) is 0.700. The Bertz CT molecular complexity index is 226. The molecule has 3 heteroatoms. The first-order valence-corrected chi connectivity index (χ1v) is 4.80. The van der Waals surface area contributed by atoms with Gasteiger partial charge in [-0.3, -0.25) is 4.79 Å². The van der Waals surface area contributed by atoms with E-state index in [0.29, 0.717) is 6.61 Å². The normalized spacial score (nSPS) is 28.0. The fourth-order valence-corrected chi connectivity index (χ4v) is 1.75. The Balaban J connectivity index is 1.98. The number of Topliss-reactive ketones (excluding diaryl/α,β-unsaturated/α-hetero) is 1. The van der Waals surface area contributed by atoms with E-state index < -0.39 is 0 Å². The highest BCUT2D eigenvalue weighted by Crippen LogP contribution is 2.22. The quantitative estimate of drug-likeness (QED) is 0.645. The molecule has 0 saturated carbocycles. The van der Waals surface area contributed by atoms with Gasteiger partial charge in [-0.1, -0.05) is 0 Å². The van der Waals surface area contributed by atoms with Crippen LogP contribution in [0.25, 0.3) is 0 Å². The van der Waals surface area contributed by atoms with Gasteiger partial charge < -0.3 is 9.47 Å². The summed E-state index contributed by atoms with van der Waals surface area (Å²) in [6, 6.07) is 0. The standard InChI is InChI=1S/C10H14O3/c11-10(9-3-5-13-7-9)8-2-1-4-12-6-8/h6,9H,1-5,7H2. The molecule has 2 rings (SSSR count). The summed E-state index contributed by atoms with van der Waals surface area (Å²) in [6.07, 6.45) is 4.33. The number of allylic oxidation sites excluding steroid dienone is 1. The predicted molar refractivity (Wildman–Crippen MR) is 47.2 cm³/mol. The smallest absolute Gasteiger partial charge is 0.167 e. The number of ketones is 1. The Morgan fingerprint density at radius 3 is 3.00 bits per heavy atom. The van der Waals surface area contributed by atoms with E-state index in [9.17, 15) is 4.79 Å². The van der Waals surface area contributed by atoms with Crippen molar-refractivity contribution in [3.05, 3.63) is 11.8 Å². The lowest BCUT2D eigenvalue weighted by Crippen LogP contribution is -2.18. The lowest BCUT2D eigenvalue weighted by molar-refractivity contribution is -0.119. The topological polar surface area (TPSA) is 35.5 Å². The van der Waals surface area contributed by atoms with E-state index in [1.165, 1.54) is 0 Å². The van der Waals surface area contributed by atoms with Gasteiger partial charge in [0, 0.05) is 18.1 Å². The van der Waals surface area contributed by atoms with Crippen LogP contribution in [0.3, 0.4) is 0 Å². The van der Waals surface area contributed by atoms with Crippen molar-refractivity contribution in [1.82, 2.24) is 0 Å². The van der Waals surface area contributed by atoms with Crippen LogP contribution >= 0.6 is 0 Å². The van der Waals surface area contributed by atoms with Crippen molar-refractivity contribution in [1.29, 1.82) is 0 Å². The van der Waals surface area contributed by atoms with Crippen molar-refractivity contribution >= 4 is 5.78 Å². The maximum atomic E-state index is 11.8. The molecule has 3 nitrogen and oxygen atoms in total. The molecule has 2 aliphatic heterocycles. The van der Waals surface area contributed by atoms with Gasteiger partial charge in [0.15, 0.2) is 5.78 Å². The van der Waals surface area contributed by atoms with Crippen molar-refractivity contribution in [2.24, 2.45) is 5.92 Å².